The van der Waals surface area contributed by atoms with Crippen molar-refractivity contribution in [1.29, 1.82) is 0 Å². The van der Waals surface area contributed by atoms with Gasteiger partial charge in [0.25, 0.3) is 0 Å². The first-order valence-electron chi connectivity index (χ1n) is 12.7. The van der Waals surface area contributed by atoms with Gasteiger partial charge in [0.1, 0.15) is 6.61 Å². The van der Waals surface area contributed by atoms with E-state index in [4.69, 9.17) is 19.7 Å². The minimum atomic E-state index is -0.883. The molecule has 0 spiro atoms. The summed E-state index contributed by atoms with van der Waals surface area (Å²) in [5.74, 6) is 1.34. The molecule has 2 saturated heterocycles. The van der Waals surface area contributed by atoms with Crippen molar-refractivity contribution in [3.05, 3.63) is 59.7 Å². The Morgan fingerprint density at radius 1 is 1.00 bits per heavy atom. The number of nitrogens with one attached hydrogen (secondary N) is 3. The summed E-state index contributed by atoms with van der Waals surface area (Å²) in [6, 6.07) is 15.8. The fourth-order valence-corrected chi connectivity index (χ4v) is 4.12. The first-order chi connectivity index (χ1) is 17.9. The number of urea groups is 1. The summed E-state index contributed by atoms with van der Waals surface area (Å²) in [5, 5.41) is 26.7. The summed E-state index contributed by atoms with van der Waals surface area (Å²) in [5.41, 5.74) is 2.05. The van der Waals surface area contributed by atoms with Gasteiger partial charge in [-0.1, -0.05) is 36.4 Å². The van der Waals surface area contributed by atoms with Crippen LogP contribution in [0.15, 0.2) is 48.5 Å². The molecule has 0 saturated carbocycles. The molecular formula is C27H39ClN4O6. The number of methoxy groups -OCH3 is 1. The number of carboxylic acid groups (broad SMARTS) is 1. The zero-order valence-electron chi connectivity index (χ0n) is 21.7. The zero-order chi connectivity index (χ0) is 26.5. The minimum absolute atomic E-state index is 0. The molecule has 2 aromatic carbocycles. The van der Waals surface area contributed by atoms with Crippen molar-refractivity contribution >= 4 is 24.5 Å². The van der Waals surface area contributed by atoms with Gasteiger partial charge in [0.05, 0.1) is 13.2 Å². The molecule has 2 aliphatic rings. The number of aliphatic hydroxyl groups excluding tert-OH is 1. The summed E-state index contributed by atoms with van der Waals surface area (Å²) >= 11 is 0. The molecule has 0 bridgehead atoms. The van der Waals surface area contributed by atoms with E-state index < -0.39 is 6.09 Å². The average molecular weight is 551 g/mol. The topological polar surface area (TPSA) is 132 Å². The highest BCUT2D eigenvalue weighted by atomic mass is 35.5. The summed E-state index contributed by atoms with van der Waals surface area (Å²) < 4.78 is 11.3. The van der Waals surface area contributed by atoms with E-state index >= 15 is 0 Å². The first kappa shape index (κ1) is 31.0. The van der Waals surface area contributed by atoms with Crippen LogP contribution in [0.2, 0.25) is 0 Å². The number of rotatable bonds is 7. The van der Waals surface area contributed by atoms with Crippen molar-refractivity contribution in [2.45, 2.75) is 51.0 Å². The van der Waals surface area contributed by atoms with Gasteiger partial charge in [0.15, 0.2) is 11.5 Å². The Balaban J connectivity index is 0.000000389. The molecule has 2 fully saturated rings. The molecule has 38 heavy (non-hydrogen) atoms. The fourth-order valence-electron chi connectivity index (χ4n) is 4.12. The SMILES string of the molecule is COc1cc(CNC(=O)NC2CCNCC2)ccc1OCc1ccccc1.Cl.O=C(O)N1CCC(O)CC1. The van der Waals surface area contributed by atoms with Gasteiger partial charge in [0.2, 0.25) is 0 Å². The van der Waals surface area contributed by atoms with Gasteiger partial charge in [-0.3, -0.25) is 0 Å². The first-order valence-corrected chi connectivity index (χ1v) is 12.7. The van der Waals surface area contributed by atoms with E-state index in [0.29, 0.717) is 50.6 Å². The third-order valence-electron chi connectivity index (χ3n) is 6.33. The molecule has 3 amide bonds. The zero-order valence-corrected chi connectivity index (χ0v) is 22.5. The van der Waals surface area contributed by atoms with E-state index in [9.17, 15) is 9.59 Å². The molecule has 2 heterocycles. The van der Waals surface area contributed by atoms with Gasteiger partial charge < -0.3 is 40.5 Å². The fraction of sp³-hybridized carbons (Fsp3) is 0.481. The van der Waals surface area contributed by atoms with Crippen molar-refractivity contribution in [3.63, 3.8) is 0 Å². The predicted molar refractivity (Wildman–Crippen MR) is 147 cm³/mol. The Morgan fingerprint density at radius 2 is 1.68 bits per heavy atom. The van der Waals surface area contributed by atoms with Crippen LogP contribution in [0.1, 0.15) is 36.8 Å². The van der Waals surface area contributed by atoms with Crippen molar-refractivity contribution in [2.75, 3.05) is 33.3 Å². The molecule has 2 aromatic rings. The van der Waals surface area contributed by atoms with E-state index in [1.54, 1.807) is 7.11 Å². The Bertz CT molecular complexity index is 983. The number of carbonyl (C=O) groups excluding carboxylic acids is 1. The second kappa shape index (κ2) is 16.6. The van der Waals surface area contributed by atoms with Crippen LogP contribution in [0, 0.1) is 0 Å². The van der Waals surface area contributed by atoms with E-state index in [0.717, 1.165) is 37.1 Å². The standard InChI is InChI=1S/C21H27N3O3.C6H11NO3.ClH/c1-26-20-13-17(14-23-21(25)24-18-9-11-22-12-10-18)7-8-19(20)27-15-16-5-3-2-4-6-16;8-5-1-3-7(4-2-5)6(9)10;/h2-8,13,18,22H,9-12,14-15H2,1H3,(H2,23,24,25);5,8H,1-4H2,(H,9,10);1H. The van der Waals surface area contributed by atoms with E-state index in [2.05, 4.69) is 16.0 Å². The molecule has 5 N–H and O–H groups in total. The number of ether oxygens (including phenoxy) is 2. The number of hydrogen-bond donors (Lipinski definition) is 5. The van der Waals surface area contributed by atoms with E-state index in [1.807, 2.05) is 48.5 Å². The largest absolute Gasteiger partial charge is 0.493 e. The summed E-state index contributed by atoms with van der Waals surface area (Å²) in [4.78, 5) is 23.7. The van der Waals surface area contributed by atoms with Gasteiger partial charge in [-0.2, -0.15) is 0 Å². The summed E-state index contributed by atoms with van der Waals surface area (Å²) in [6.07, 6.45) is 1.91. The van der Waals surface area contributed by atoms with Crippen LogP contribution < -0.4 is 25.4 Å². The number of nitrogens with zero attached hydrogens (tertiary/aromatic N) is 1. The molecule has 0 aliphatic carbocycles. The van der Waals surface area contributed by atoms with Crippen molar-refractivity contribution in [1.82, 2.24) is 20.9 Å². The highest BCUT2D eigenvalue weighted by molar-refractivity contribution is 5.85. The van der Waals surface area contributed by atoms with Crippen LogP contribution in [0.3, 0.4) is 0 Å². The average Bonchev–Trinajstić information content (AvgIpc) is 2.92. The lowest BCUT2D eigenvalue weighted by atomic mass is 10.1. The Morgan fingerprint density at radius 3 is 2.32 bits per heavy atom. The van der Waals surface area contributed by atoms with E-state index in [-0.39, 0.29) is 30.6 Å². The number of amides is 3. The van der Waals surface area contributed by atoms with Crippen molar-refractivity contribution in [2.24, 2.45) is 0 Å². The number of aliphatic hydroxyl groups is 1. The van der Waals surface area contributed by atoms with Crippen LogP contribution in [0.25, 0.3) is 0 Å². The molecule has 0 atom stereocenters. The number of hydrogen-bond acceptors (Lipinski definition) is 6. The van der Waals surface area contributed by atoms with Crippen LogP contribution >= 0.6 is 12.4 Å². The second-order valence-corrected chi connectivity index (χ2v) is 9.11. The third-order valence-corrected chi connectivity index (χ3v) is 6.33. The molecule has 10 nitrogen and oxygen atoms in total. The number of halogens is 1. The van der Waals surface area contributed by atoms with Crippen LogP contribution in [-0.2, 0) is 13.2 Å². The minimum Gasteiger partial charge on any atom is -0.493 e. The van der Waals surface area contributed by atoms with Gasteiger partial charge in [-0.15, -0.1) is 12.4 Å². The maximum Gasteiger partial charge on any atom is 0.407 e. The molecular weight excluding hydrogens is 512 g/mol. The van der Waals surface area contributed by atoms with Crippen molar-refractivity contribution < 1.29 is 29.3 Å². The predicted octanol–water partition coefficient (Wildman–Crippen LogP) is 3.37. The number of likely N-dealkylation sites (tertiary alicyclic amines) is 1. The number of piperidine rings is 2. The highest BCUT2D eigenvalue weighted by Gasteiger charge is 2.20. The van der Waals surface area contributed by atoms with Gasteiger partial charge in [-0.25, -0.2) is 9.59 Å². The number of carbonyl (C=O) groups is 2. The maximum atomic E-state index is 12.1. The number of benzene rings is 2. The molecule has 0 aromatic heterocycles. The molecule has 0 unspecified atom stereocenters. The lowest BCUT2D eigenvalue weighted by molar-refractivity contribution is 0.0769. The third kappa shape index (κ3) is 10.6. The highest BCUT2D eigenvalue weighted by Crippen LogP contribution is 2.28. The summed E-state index contributed by atoms with van der Waals surface area (Å²) in [7, 11) is 1.62. The van der Waals surface area contributed by atoms with Crippen LogP contribution in [0.5, 0.6) is 11.5 Å². The Kier molecular flexibility index (Phi) is 13.5. The van der Waals surface area contributed by atoms with Crippen LogP contribution in [-0.4, -0.2) is 72.7 Å². The lowest BCUT2D eigenvalue weighted by Gasteiger charge is -2.26. The molecule has 0 radical (unpaired) electrons. The van der Waals surface area contributed by atoms with Gasteiger partial charge >= 0.3 is 12.1 Å². The molecule has 210 valence electrons. The second-order valence-electron chi connectivity index (χ2n) is 9.11. The lowest BCUT2D eigenvalue weighted by Crippen LogP contribution is -2.46. The van der Waals surface area contributed by atoms with Crippen molar-refractivity contribution in [3.8, 4) is 11.5 Å². The Labute approximate surface area is 230 Å². The summed E-state index contributed by atoms with van der Waals surface area (Å²) in [6.45, 7) is 3.76. The smallest absolute Gasteiger partial charge is 0.407 e. The quantitative estimate of drug-likeness (QED) is 0.357. The van der Waals surface area contributed by atoms with E-state index in [1.165, 1.54) is 4.90 Å². The molecule has 11 heteroatoms. The normalized spacial score (nSPS) is 15.8. The molecule has 4 rings (SSSR count). The molecule has 2 aliphatic heterocycles. The Hall–Kier alpha value is -3.21. The van der Waals surface area contributed by atoms with Crippen LogP contribution in [0.4, 0.5) is 9.59 Å². The monoisotopic (exact) mass is 550 g/mol. The van der Waals surface area contributed by atoms with Gasteiger partial charge in [0, 0.05) is 25.7 Å². The maximum absolute atomic E-state index is 12.1. The van der Waals surface area contributed by atoms with Gasteiger partial charge in [-0.05, 0) is 62.0 Å².